The number of hydrogen-bond acceptors (Lipinski definition) is 1. The van der Waals surface area contributed by atoms with Crippen molar-refractivity contribution in [2.75, 3.05) is 18.0 Å². The first-order valence-corrected chi connectivity index (χ1v) is 7.28. The van der Waals surface area contributed by atoms with E-state index in [0.717, 1.165) is 5.92 Å². The van der Waals surface area contributed by atoms with E-state index in [1.807, 2.05) is 0 Å². The fourth-order valence-electron chi connectivity index (χ4n) is 2.84. The molecule has 1 heterocycles. The predicted molar refractivity (Wildman–Crippen MR) is 80.2 cm³/mol. The maximum Gasteiger partial charge on any atom is 0.0366 e. The van der Waals surface area contributed by atoms with Crippen molar-refractivity contribution in [3.8, 4) is 0 Å². The summed E-state index contributed by atoms with van der Waals surface area (Å²) in [6.45, 7) is 11.7. The van der Waals surface area contributed by atoms with Gasteiger partial charge in [0.2, 0.25) is 0 Å². The summed E-state index contributed by atoms with van der Waals surface area (Å²) in [6, 6.07) is 9.01. The summed E-state index contributed by atoms with van der Waals surface area (Å²) in [5, 5.41) is 0. The van der Waals surface area contributed by atoms with Crippen LogP contribution in [0.5, 0.6) is 0 Å². The van der Waals surface area contributed by atoms with E-state index in [-0.39, 0.29) is 0 Å². The van der Waals surface area contributed by atoms with Gasteiger partial charge in [-0.1, -0.05) is 44.9 Å². The first-order valence-electron chi connectivity index (χ1n) is 7.28. The Morgan fingerprint density at radius 2 is 1.72 bits per heavy atom. The van der Waals surface area contributed by atoms with E-state index in [4.69, 9.17) is 0 Å². The van der Waals surface area contributed by atoms with E-state index >= 15 is 0 Å². The van der Waals surface area contributed by atoms with Crippen LogP contribution >= 0.6 is 0 Å². The van der Waals surface area contributed by atoms with Gasteiger partial charge in [0, 0.05) is 18.8 Å². The van der Waals surface area contributed by atoms with Gasteiger partial charge in [-0.25, -0.2) is 0 Å². The third-order valence-corrected chi connectivity index (χ3v) is 4.30. The fraction of sp³-hybridized carbons (Fsp3) is 0.647. The molecule has 1 aliphatic rings. The van der Waals surface area contributed by atoms with Crippen LogP contribution < -0.4 is 4.90 Å². The predicted octanol–water partition coefficient (Wildman–Crippen LogP) is 4.65. The average Bonchev–Trinajstić information content (AvgIpc) is 2.55. The number of nitrogens with zero attached hydrogens (tertiary/aromatic N) is 1. The van der Waals surface area contributed by atoms with Crippen molar-refractivity contribution in [3.05, 3.63) is 29.8 Å². The molecule has 1 atom stereocenters. The van der Waals surface area contributed by atoms with E-state index in [1.54, 1.807) is 0 Å². The Balaban J connectivity index is 2.14. The molecule has 1 heteroatoms. The van der Waals surface area contributed by atoms with Gasteiger partial charge in [-0.05, 0) is 43.2 Å². The molecule has 1 saturated heterocycles. The lowest BCUT2D eigenvalue weighted by Crippen LogP contribution is -2.34. The van der Waals surface area contributed by atoms with Gasteiger partial charge in [0.15, 0.2) is 0 Å². The lowest BCUT2D eigenvalue weighted by molar-refractivity contribution is 0.234. The van der Waals surface area contributed by atoms with Gasteiger partial charge in [0.1, 0.15) is 0 Å². The smallest absolute Gasteiger partial charge is 0.0366 e. The maximum atomic E-state index is 2.59. The van der Waals surface area contributed by atoms with Gasteiger partial charge in [-0.3, -0.25) is 0 Å². The number of anilines is 1. The van der Waals surface area contributed by atoms with Gasteiger partial charge in [-0.2, -0.15) is 0 Å². The molecule has 0 amide bonds. The van der Waals surface area contributed by atoms with Crippen molar-refractivity contribution in [3.63, 3.8) is 0 Å². The Bertz CT molecular complexity index is 372. The highest BCUT2D eigenvalue weighted by atomic mass is 15.1. The van der Waals surface area contributed by atoms with Crippen molar-refractivity contribution in [1.29, 1.82) is 0 Å². The van der Waals surface area contributed by atoms with Crippen LogP contribution in [0.15, 0.2) is 24.3 Å². The second-order valence-electron chi connectivity index (χ2n) is 6.84. The van der Waals surface area contributed by atoms with E-state index in [1.165, 1.54) is 43.6 Å². The Labute approximate surface area is 112 Å². The van der Waals surface area contributed by atoms with Crippen molar-refractivity contribution < 1.29 is 0 Å². The molecule has 0 aromatic heterocycles. The van der Waals surface area contributed by atoms with Gasteiger partial charge < -0.3 is 4.90 Å². The number of hydrogen-bond donors (Lipinski definition) is 0. The molecule has 0 N–H and O–H groups in total. The highest BCUT2D eigenvalue weighted by Gasteiger charge is 2.28. The Morgan fingerprint density at radius 3 is 2.33 bits per heavy atom. The van der Waals surface area contributed by atoms with E-state index in [9.17, 15) is 0 Å². The molecule has 0 saturated carbocycles. The quantitative estimate of drug-likeness (QED) is 0.696. The van der Waals surface area contributed by atoms with Crippen LogP contribution in [0.2, 0.25) is 0 Å². The van der Waals surface area contributed by atoms with Crippen LogP contribution in [0, 0.1) is 18.3 Å². The highest BCUT2D eigenvalue weighted by Crippen LogP contribution is 2.34. The first-order chi connectivity index (χ1) is 8.47. The van der Waals surface area contributed by atoms with E-state index in [2.05, 4.69) is 56.9 Å². The maximum absolute atomic E-state index is 2.59. The zero-order chi connectivity index (χ0) is 13.2. The number of aryl methyl sites for hydroxylation is 1. The topological polar surface area (TPSA) is 3.24 Å². The van der Waals surface area contributed by atoms with Crippen LogP contribution in [0.4, 0.5) is 5.69 Å². The average molecular weight is 245 g/mol. The van der Waals surface area contributed by atoms with Crippen LogP contribution in [0.3, 0.4) is 0 Å². The van der Waals surface area contributed by atoms with Crippen molar-refractivity contribution >= 4 is 5.69 Å². The minimum atomic E-state index is 0.424. The molecule has 0 radical (unpaired) electrons. The monoisotopic (exact) mass is 245 g/mol. The lowest BCUT2D eigenvalue weighted by Gasteiger charge is -2.34. The number of benzene rings is 1. The summed E-state index contributed by atoms with van der Waals surface area (Å²) in [5.74, 6) is 0.807. The van der Waals surface area contributed by atoms with Gasteiger partial charge in [0.05, 0.1) is 0 Å². The molecular weight excluding hydrogens is 218 g/mol. The molecule has 1 aliphatic heterocycles. The van der Waals surface area contributed by atoms with Crippen LogP contribution in [-0.4, -0.2) is 13.1 Å². The SMILES string of the molecule is Cc1ccc(N2CCCCC(C(C)(C)C)C2)cc1. The first kappa shape index (κ1) is 13.5. The van der Waals surface area contributed by atoms with Crippen LogP contribution in [-0.2, 0) is 0 Å². The minimum absolute atomic E-state index is 0.424. The Kier molecular flexibility index (Phi) is 3.99. The summed E-state index contributed by atoms with van der Waals surface area (Å²) >= 11 is 0. The molecule has 1 unspecified atom stereocenters. The number of rotatable bonds is 1. The summed E-state index contributed by atoms with van der Waals surface area (Å²) in [7, 11) is 0. The third kappa shape index (κ3) is 3.28. The minimum Gasteiger partial charge on any atom is -0.371 e. The normalized spacial score (nSPS) is 21.8. The second kappa shape index (κ2) is 5.34. The largest absolute Gasteiger partial charge is 0.371 e. The van der Waals surface area contributed by atoms with Gasteiger partial charge >= 0.3 is 0 Å². The molecule has 18 heavy (non-hydrogen) atoms. The molecule has 0 bridgehead atoms. The second-order valence-corrected chi connectivity index (χ2v) is 6.84. The summed E-state index contributed by atoms with van der Waals surface area (Å²) in [4.78, 5) is 2.59. The molecule has 1 aromatic rings. The lowest BCUT2D eigenvalue weighted by atomic mass is 9.78. The standard InChI is InChI=1S/C17H27N/c1-14-8-10-16(11-9-14)18-12-6-5-7-15(13-18)17(2,3)4/h8-11,15H,5-7,12-13H2,1-4H3. The molecule has 1 fully saturated rings. The van der Waals surface area contributed by atoms with Crippen LogP contribution in [0.25, 0.3) is 0 Å². The molecule has 0 spiro atoms. The zero-order valence-corrected chi connectivity index (χ0v) is 12.4. The van der Waals surface area contributed by atoms with Crippen molar-refractivity contribution in [2.45, 2.75) is 47.0 Å². The van der Waals surface area contributed by atoms with E-state index in [0.29, 0.717) is 5.41 Å². The fourth-order valence-corrected chi connectivity index (χ4v) is 2.84. The molecule has 1 nitrogen and oxygen atoms in total. The Morgan fingerprint density at radius 1 is 1.06 bits per heavy atom. The third-order valence-electron chi connectivity index (χ3n) is 4.30. The van der Waals surface area contributed by atoms with Crippen molar-refractivity contribution in [1.82, 2.24) is 0 Å². The molecule has 2 rings (SSSR count). The van der Waals surface area contributed by atoms with Gasteiger partial charge in [0.25, 0.3) is 0 Å². The van der Waals surface area contributed by atoms with Crippen LogP contribution in [0.1, 0.15) is 45.6 Å². The van der Waals surface area contributed by atoms with E-state index < -0.39 is 0 Å². The summed E-state index contributed by atoms with van der Waals surface area (Å²) in [5.41, 5.74) is 3.17. The molecule has 1 aromatic carbocycles. The highest BCUT2D eigenvalue weighted by molar-refractivity contribution is 5.47. The van der Waals surface area contributed by atoms with Crippen molar-refractivity contribution in [2.24, 2.45) is 11.3 Å². The summed E-state index contributed by atoms with van der Waals surface area (Å²) < 4.78 is 0. The molecule has 0 aliphatic carbocycles. The summed E-state index contributed by atoms with van der Waals surface area (Å²) in [6.07, 6.45) is 4.09. The zero-order valence-electron chi connectivity index (χ0n) is 12.4. The Hall–Kier alpha value is -0.980. The van der Waals surface area contributed by atoms with Gasteiger partial charge in [-0.15, -0.1) is 0 Å². The molecule has 100 valence electrons. The molecular formula is C17H27N.